The van der Waals surface area contributed by atoms with Crippen LogP contribution in [-0.4, -0.2) is 39.6 Å². The van der Waals surface area contributed by atoms with E-state index in [-0.39, 0.29) is 11.0 Å². The van der Waals surface area contributed by atoms with Crippen LogP contribution in [0, 0.1) is 0 Å². The molecule has 0 fully saturated rings. The predicted octanol–water partition coefficient (Wildman–Crippen LogP) is 0.993. The third-order valence-corrected chi connectivity index (χ3v) is 4.95. The molecule has 0 aliphatic carbocycles. The molecule has 0 aromatic rings. The van der Waals surface area contributed by atoms with Crippen molar-refractivity contribution < 1.29 is 13.3 Å². The Morgan fingerprint density at radius 3 is 1.36 bits per heavy atom. The van der Waals surface area contributed by atoms with E-state index >= 15 is 0 Å². The maximum atomic E-state index is 5.65. The zero-order valence-electron chi connectivity index (χ0n) is 9.26. The van der Waals surface area contributed by atoms with Gasteiger partial charge in [-0.3, -0.25) is 0 Å². The molecule has 0 amide bonds. The number of hydrogen-bond donors (Lipinski definition) is 0. The monoisotopic (exact) mass is 238 g/mol. The van der Waals surface area contributed by atoms with Crippen LogP contribution in [0.4, 0.5) is 0 Å². The van der Waals surface area contributed by atoms with Crippen molar-refractivity contribution in [3.8, 4) is 0 Å². The first kappa shape index (κ1) is 16.7. The third kappa shape index (κ3) is 5.92. The molecule has 0 heterocycles. The van der Waals surface area contributed by atoms with Crippen LogP contribution in [0.15, 0.2) is 0 Å². The Bertz CT molecular complexity index is 93.1. The summed E-state index contributed by atoms with van der Waals surface area (Å²) in [5.41, 5.74) is 0. The highest BCUT2D eigenvalue weighted by Gasteiger charge is 2.38. The summed E-state index contributed by atoms with van der Waals surface area (Å²) in [4.78, 5) is 0. The van der Waals surface area contributed by atoms with Gasteiger partial charge in [0.2, 0.25) is 0 Å². The molecule has 0 radical (unpaired) electrons. The minimum atomic E-state index is -2.30. The molecular weight excluding hydrogens is 212 g/mol. The fourth-order valence-corrected chi connectivity index (χ4v) is 3.92. The van der Waals surface area contributed by atoms with E-state index in [0.717, 1.165) is 12.5 Å². The molecule has 14 heavy (non-hydrogen) atoms. The molecule has 88 valence electrons. The van der Waals surface area contributed by atoms with Crippen molar-refractivity contribution in [1.82, 2.24) is 0 Å². The molecule has 0 aromatic carbocycles. The molecule has 3 nitrogen and oxygen atoms in total. The van der Waals surface area contributed by atoms with Crippen molar-refractivity contribution in [2.45, 2.75) is 40.2 Å². The molecule has 0 bridgehead atoms. The summed E-state index contributed by atoms with van der Waals surface area (Å²) in [5, 5.41) is 0. The minimum Gasteiger partial charge on any atom is -0.374 e. The molecule has 5 heteroatoms. The summed E-state index contributed by atoms with van der Waals surface area (Å²) in [5.74, 6) is 0. The van der Waals surface area contributed by atoms with Crippen LogP contribution in [0.5, 0.6) is 0 Å². The number of rotatable bonds is 8. The first-order valence-corrected chi connectivity index (χ1v) is 7.09. The van der Waals surface area contributed by atoms with Gasteiger partial charge in [-0.2, -0.15) is 0 Å². The van der Waals surface area contributed by atoms with E-state index in [4.69, 9.17) is 13.3 Å². The van der Waals surface area contributed by atoms with Crippen molar-refractivity contribution in [3.05, 3.63) is 0 Å². The molecule has 0 unspecified atom stereocenters. The quantitative estimate of drug-likeness (QED) is 0.590. The van der Waals surface area contributed by atoms with E-state index in [9.17, 15) is 0 Å². The zero-order chi connectivity index (χ0) is 10.2. The van der Waals surface area contributed by atoms with Gasteiger partial charge >= 0.3 is 8.80 Å². The molecule has 0 spiro atoms. The van der Waals surface area contributed by atoms with Gasteiger partial charge in [-0.05, 0) is 31.7 Å². The Kier molecular flexibility index (Phi) is 11.8. The smallest absolute Gasteiger partial charge is 0.374 e. The average molecular weight is 238 g/mol. The topological polar surface area (TPSA) is 27.7 Å². The van der Waals surface area contributed by atoms with Crippen LogP contribution >= 0.6 is 0 Å². The lowest BCUT2D eigenvalue weighted by molar-refractivity contribution is 0.0712. The van der Waals surface area contributed by atoms with Crippen LogP contribution in [0.2, 0.25) is 6.04 Å². The van der Waals surface area contributed by atoms with E-state index in [1.807, 2.05) is 20.8 Å². The second kappa shape index (κ2) is 9.85. The molecule has 0 aliphatic heterocycles. The fourth-order valence-electron chi connectivity index (χ4n) is 1.31. The molecular formula is C9H26O3Si2. The van der Waals surface area contributed by atoms with Crippen molar-refractivity contribution in [2.75, 3.05) is 19.8 Å². The summed E-state index contributed by atoms with van der Waals surface area (Å²) in [7, 11) is -2.30. The van der Waals surface area contributed by atoms with Crippen LogP contribution in [0.1, 0.15) is 34.1 Å². The molecule has 0 atom stereocenters. The van der Waals surface area contributed by atoms with Crippen LogP contribution in [0.25, 0.3) is 0 Å². The Morgan fingerprint density at radius 1 is 0.786 bits per heavy atom. The van der Waals surface area contributed by atoms with E-state index in [1.165, 1.54) is 0 Å². The third-order valence-electron chi connectivity index (χ3n) is 1.65. The molecule has 0 rings (SSSR count). The second-order valence-corrected chi connectivity index (χ2v) is 5.46. The van der Waals surface area contributed by atoms with Gasteiger partial charge in [0, 0.05) is 25.9 Å². The van der Waals surface area contributed by atoms with Gasteiger partial charge in [0.1, 0.15) is 0 Å². The lowest BCUT2D eigenvalue weighted by Crippen LogP contribution is -2.45. The van der Waals surface area contributed by atoms with Crippen molar-refractivity contribution in [2.24, 2.45) is 0 Å². The molecule has 0 aromatic heterocycles. The highest BCUT2D eigenvalue weighted by molar-refractivity contribution is 6.60. The molecule has 0 N–H and O–H groups in total. The average Bonchev–Trinajstić information content (AvgIpc) is 2.06. The second-order valence-electron chi connectivity index (χ2n) is 2.73. The molecule has 0 saturated carbocycles. The van der Waals surface area contributed by atoms with Gasteiger partial charge in [0.05, 0.1) is 0 Å². The largest absolute Gasteiger partial charge is 0.500 e. The first-order chi connectivity index (χ1) is 6.24. The Labute approximate surface area is 93.5 Å². The summed E-state index contributed by atoms with van der Waals surface area (Å²) in [6.07, 6.45) is 1.05. The summed E-state index contributed by atoms with van der Waals surface area (Å²) in [6.45, 7) is 10.1. The van der Waals surface area contributed by atoms with Crippen LogP contribution in [-0.2, 0) is 13.3 Å². The normalized spacial score (nSPS) is 11.1. The maximum Gasteiger partial charge on any atom is 0.500 e. The van der Waals surface area contributed by atoms with E-state index < -0.39 is 8.80 Å². The van der Waals surface area contributed by atoms with E-state index in [1.54, 1.807) is 0 Å². The van der Waals surface area contributed by atoms with Gasteiger partial charge in [-0.1, -0.05) is 13.3 Å². The lowest BCUT2D eigenvalue weighted by Gasteiger charge is -2.27. The van der Waals surface area contributed by atoms with Gasteiger partial charge < -0.3 is 13.3 Å². The van der Waals surface area contributed by atoms with Gasteiger partial charge in [0.25, 0.3) is 0 Å². The predicted molar refractivity (Wildman–Crippen MR) is 67.1 cm³/mol. The van der Waals surface area contributed by atoms with Crippen molar-refractivity contribution >= 4 is 19.8 Å². The van der Waals surface area contributed by atoms with E-state index in [0.29, 0.717) is 19.8 Å². The van der Waals surface area contributed by atoms with Crippen LogP contribution < -0.4 is 0 Å². The van der Waals surface area contributed by atoms with Gasteiger partial charge in [-0.25, -0.2) is 0 Å². The highest BCUT2D eigenvalue weighted by atomic mass is 28.4. The molecule has 0 saturated heterocycles. The fraction of sp³-hybridized carbons (Fsp3) is 1.00. The highest BCUT2D eigenvalue weighted by Crippen LogP contribution is 2.17. The van der Waals surface area contributed by atoms with Gasteiger partial charge in [-0.15, -0.1) is 0 Å². The zero-order valence-corrected chi connectivity index (χ0v) is 10.3. The molecule has 0 aliphatic rings. The maximum absolute atomic E-state index is 5.65. The summed E-state index contributed by atoms with van der Waals surface area (Å²) in [6, 6.07) is 0.919. The standard InChI is InChI=1S/C9H22O3Si.H4Si/c1-5-9-13(10-6-2,11-7-3)12-8-4;/h5-9H2,1-4H3;1H4. The number of hydrogen-bond acceptors (Lipinski definition) is 3. The summed E-state index contributed by atoms with van der Waals surface area (Å²) >= 11 is 0. The van der Waals surface area contributed by atoms with Gasteiger partial charge in [0.15, 0.2) is 0 Å². The first-order valence-electron chi connectivity index (χ1n) is 5.16. The van der Waals surface area contributed by atoms with Crippen molar-refractivity contribution in [1.29, 1.82) is 0 Å². The summed E-state index contributed by atoms with van der Waals surface area (Å²) < 4.78 is 16.9. The van der Waals surface area contributed by atoms with E-state index in [2.05, 4.69) is 6.92 Å². The Balaban J connectivity index is 0. The lowest BCUT2D eigenvalue weighted by atomic mass is 10.6. The Morgan fingerprint density at radius 2 is 1.14 bits per heavy atom. The Hall–Kier alpha value is 0.314. The minimum absolute atomic E-state index is 0. The van der Waals surface area contributed by atoms with Crippen molar-refractivity contribution in [3.63, 3.8) is 0 Å². The van der Waals surface area contributed by atoms with Crippen LogP contribution in [0.3, 0.4) is 0 Å². The SMILES string of the molecule is CCC[Si](OCC)(OCC)OCC.[SiH4].